The Hall–Kier alpha value is -2.13. The van der Waals surface area contributed by atoms with Crippen LogP contribution in [0.15, 0.2) is 54.6 Å². The van der Waals surface area contributed by atoms with Gasteiger partial charge in [-0.3, -0.25) is 4.79 Å². The molecule has 1 saturated carbocycles. The number of hydrogen-bond acceptors (Lipinski definition) is 1. The van der Waals surface area contributed by atoms with Crippen LogP contribution >= 0.6 is 0 Å². The average molecular weight is 309 g/mol. The number of carbonyl (C=O) groups is 1. The van der Waals surface area contributed by atoms with Gasteiger partial charge in [0.15, 0.2) is 6.04 Å². The van der Waals surface area contributed by atoms with Gasteiger partial charge in [0.05, 0.1) is 0 Å². The lowest BCUT2D eigenvalue weighted by molar-refractivity contribution is -0.704. The molecule has 3 heteroatoms. The molecule has 0 saturated heterocycles. The molecule has 2 aromatic carbocycles. The predicted molar refractivity (Wildman–Crippen MR) is 92.0 cm³/mol. The number of nitrogens with one attached hydrogen (secondary N) is 1. The van der Waals surface area contributed by atoms with Crippen molar-refractivity contribution in [3.05, 3.63) is 71.3 Å². The maximum absolute atomic E-state index is 12.3. The Kier molecular flexibility index (Phi) is 4.77. The second-order valence-corrected chi connectivity index (χ2v) is 6.56. The van der Waals surface area contributed by atoms with Crippen molar-refractivity contribution < 1.29 is 10.1 Å². The molecular weight excluding hydrogens is 284 g/mol. The molecule has 0 heterocycles. The van der Waals surface area contributed by atoms with Gasteiger partial charge in [0.2, 0.25) is 0 Å². The van der Waals surface area contributed by atoms with Crippen LogP contribution in [0.25, 0.3) is 0 Å². The van der Waals surface area contributed by atoms with Gasteiger partial charge in [-0.05, 0) is 26.7 Å². The van der Waals surface area contributed by atoms with Gasteiger partial charge in [0.1, 0.15) is 6.04 Å². The molecule has 120 valence electrons. The molecule has 0 radical (unpaired) electrons. The standard InChI is InChI=1S/C20H24N2O/c1-14-8-10-17(11-9-14)19(16-6-4-3-5-7-16)21-15(2)20(23)22-18-12-13-18/h3-11,15,18-19,21H,12-13H2,1-2H3,(H,22,23)/p+1/t15-,19-/m0/s1. The Morgan fingerprint density at radius 1 is 1.04 bits per heavy atom. The summed E-state index contributed by atoms with van der Waals surface area (Å²) in [6.45, 7) is 4.08. The van der Waals surface area contributed by atoms with Gasteiger partial charge in [-0.15, -0.1) is 0 Å². The molecule has 23 heavy (non-hydrogen) atoms. The Morgan fingerprint density at radius 2 is 1.65 bits per heavy atom. The fourth-order valence-corrected chi connectivity index (χ4v) is 2.79. The molecule has 1 aliphatic rings. The molecule has 3 N–H and O–H groups in total. The van der Waals surface area contributed by atoms with Crippen molar-refractivity contribution in [1.82, 2.24) is 5.32 Å². The zero-order valence-corrected chi connectivity index (χ0v) is 13.8. The van der Waals surface area contributed by atoms with E-state index in [1.165, 1.54) is 16.7 Å². The topological polar surface area (TPSA) is 45.7 Å². The summed E-state index contributed by atoms with van der Waals surface area (Å²) < 4.78 is 0. The zero-order chi connectivity index (χ0) is 16.2. The molecular formula is C20H25N2O+. The van der Waals surface area contributed by atoms with E-state index in [9.17, 15) is 4.79 Å². The first kappa shape index (κ1) is 15.8. The molecule has 1 fully saturated rings. The van der Waals surface area contributed by atoms with Crippen LogP contribution < -0.4 is 10.6 Å². The summed E-state index contributed by atoms with van der Waals surface area (Å²) in [6.07, 6.45) is 2.25. The largest absolute Gasteiger partial charge is 0.348 e. The molecule has 0 aliphatic heterocycles. The van der Waals surface area contributed by atoms with Crippen LogP contribution in [-0.4, -0.2) is 18.0 Å². The van der Waals surface area contributed by atoms with Crippen LogP contribution in [0, 0.1) is 6.92 Å². The van der Waals surface area contributed by atoms with Gasteiger partial charge in [-0.1, -0.05) is 60.2 Å². The van der Waals surface area contributed by atoms with Crippen molar-refractivity contribution in [2.75, 3.05) is 0 Å². The Morgan fingerprint density at radius 3 is 2.26 bits per heavy atom. The molecule has 0 unspecified atom stereocenters. The quantitative estimate of drug-likeness (QED) is 0.845. The lowest BCUT2D eigenvalue weighted by atomic mass is 9.97. The molecule has 1 aliphatic carbocycles. The number of benzene rings is 2. The smallest absolute Gasteiger partial charge is 0.278 e. The number of aryl methyl sites for hydroxylation is 1. The Bertz CT molecular complexity index is 647. The molecule has 2 atom stereocenters. The van der Waals surface area contributed by atoms with Crippen LogP contribution in [-0.2, 0) is 4.79 Å². The first-order valence-electron chi connectivity index (χ1n) is 8.40. The number of hydrogen-bond donors (Lipinski definition) is 2. The zero-order valence-electron chi connectivity index (χ0n) is 13.8. The highest BCUT2D eigenvalue weighted by atomic mass is 16.2. The maximum Gasteiger partial charge on any atom is 0.278 e. The number of carbonyl (C=O) groups excluding carboxylic acids is 1. The van der Waals surface area contributed by atoms with Gasteiger partial charge in [0, 0.05) is 17.2 Å². The van der Waals surface area contributed by atoms with Gasteiger partial charge in [-0.2, -0.15) is 0 Å². The predicted octanol–water partition coefficient (Wildman–Crippen LogP) is 2.31. The number of rotatable bonds is 6. The maximum atomic E-state index is 12.3. The summed E-state index contributed by atoms with van der Waals surface area (Å²) >= 11 is 0. The fourth-order valence-electron chi connectivity index (χ4n) is 2.79. The second kappa shape index (κ2) is 6.97. The highest BCUT2D eigenvalue weighted by Crippen LogP contribution is 2.20. The third-order valence-electron chi connectivity index (χ3n) is 4.41. The second-order valence-electron chi connectivity index (χ2n) is 6.56. The van der Waals surface area contributed by atoms with E-state index in [0.29, 0.717) is 6.04 Å². The van der Waals surface area contributed by atoms with Crippen LogP contribution in [0.1, 0.15) is 42.5 Å². The van der Waals surface area contributed by atoms with Gasteiger partial charge < -0.3 is 10.6 Å². The fraction of sp³-hybridized carbons (Fsp3) is 0.350. The van der Waals surface area contributed by atoms with Crippen molar-refractivity contribution in [2.45, 2.75) is 44.8 Å². The SMILES string of the molecule is Cc1ccc([C@@H]([NH2+][C@@H](C)C(=O)NC2CC2)c2ccccc2)cc1. The van der Waals surface area contributed by atoms with Gasteiger partial charge >= 0.3 is 0 Å². The summed E-state index contributed by atoms with van der Waals surface area (Å²) in [6, 6.07) is 19.4. The molecule has 3 rings (SSSR count). The van der Waals surface area contributed by atoms with E-state index in [2.05, 4.69) is 66.1 Å². The van der Waals surface area contributed by atoms with E-state index in [4.69, 9.17) is 0 Å². The first-order valence-corrected chi connectivity index (χ1v) is 8.40. The van der Waals surface area contributed by atoms with Crippen molar-refractivity contribution in [3.63, 3.8) is 0 Å². The summed E-state index contributed by atoms with van der Waals surface area (Å²) in [7, 11) is 0. The van der Waals surface area contributed by atoms with Crippen LogP contribution in [0.4, 0.5) is 0 Å². The van der Waals surface area contributed by atoms with Gasteiger partial charge in [-0.25, -0.2) is 0 Å². The monoisotopic (exact) mass is 309 g/mol. The van der Waals surface area contributed by atoms with Crippen molar-refractivity contribution in [3.8, 4) is 0 Å². The number of quaternary nitrogens is 1. The first-order chi connectivity index (χ1) is 11.1. The van der Waals surface area contributed by atoms with E-state index in [1.54, 1.807) is 0 Å². The Labute approximate surface area is 138 Å². The number of amides is 1. The summed E-state index contributed by atoms with van der Waals surface area (Å²) in [5, 5.41) is 5.27. The molecule has 3 nitrogen and oxygen atoms in total. The van der Waals surface area contributed by atoms with Crippen LogP contribution in [0.3, 0.4) is 0 Å². The van der Waals surface area contributed by atoms with Crippen molar-refractivity contribution in [2.24, 2.45) is 0 Å². The van der Waals surface area contributed by atoms with Crippen LogP contribution in [0.5, 0.6) is 0 Å². The molecule has 2 aromatic rings. The van der Waals surface area contributed by atoms with E-state index >= 15 is 0 Å². The van der Waals surface area contributed by atoms with E-state index in [1.807, 2.05) is 13.0 Å². The van der Waals surface area contributed by atoms with Gasteiger partial charge in [0.25, 0.3) is 5.91 Å². The summed E-state index contributed by atoms with van der Waals surface area (Å²) in [5.41, 5.74) is 3.70. The lowest BCUT2D eigenvalue weighted by Gasteiger charge is -2.21. The number of nitrogens with two attached hydrogens (primary N) is 1. The van der Waals surface area contributed by atoms with E-state index in [0.717, 1.165) is 12.8 Å². The van der Waals surface area contributed by atoms with E-state index < -0.39 is 0 Å². The minimum Gasteiger partial charge on any atom is -0.348 e. The summed E-state index contributed by atoms with van der Waals surface area (Å²) in [5.74, 6) is 0.139. The minimum atomic E-state index is -0.109. The highest BCUT2D eigenvalue weighted by molar-refractivity contribution is 5.80. The van der Waals surface area contributed by atoms with Crippen molar-refractivity contribution in [1.29, 1.82) is 0 Å². The highest BCUT2D eigenvalue weighted by Gasteiger charge is 2.29. The van der Waals surface area contributed by atoms with Crippen LogP contribution in [0.2, 0.25) is 0 Å². The molecule has 1 amide bonds. The molecule has 0 bridgehead atoms. The third kappa shape index (κ3) is 4.20. The third-order valence-corrected chi connectivity index (χ3v) is 4.41. The van der Waals surface area contributed by atoms with E-state index in [-0.39, 0.29) is 18.0 Å². The summed E-state index contributed by atoms with van der Waals surface area (Å²) in [4.78, 5) is 12.3. The average Bonchev–Trinajstić information content (AvgIpc) is 3.38. The van der Waals surface area contributed by atoms with Crippen molar-refractivity contribution >= 4 is 5.91 Å². The molecule has 0 spiro atoms. The lowest BCUT2D eigenvalue weighted by Crippen LogP contribution is -2.92. The minimum absolute atomic E-state index is 0.109. The normalized spacial score (nSPS) is 16.6. The molecule has 0 aromatic heterocycles. The Balaban J connectivity index is 1.80.